The first-order chi connectivity index (χ1) is 9.52. The summed E-state index contributed by atoms with van der Waals surface area (Å²) in [5, 5.41) is 0. The van der Waals surface area contributed by atoms with Gasteiger partial charge in [0.1, 0.15) is 0 Å². The highest BCUT2D eigenvalue weighted by Gasteiger charge is 2.34. The van der Waals surface area contributed by atoms with Crippen molar-refractivity contribution in [3.05, 3.63) is 35.4 Å². The Balaban J connectivity index is 1.99. The molecule has 4 heteroatoms. The summed E-state index contributed by atoms with van der Waals surface area (Å²) in [4.78, 5) is 25.8. The van der Waals surface area contributed by atoms with Gasteiger partial charge in [0.25, 0.3) is 11.8 Å². The van der Waals surface area contributed by atoms with Crippen LogP contribution in [0.5, 0.6) is 0 Å². The Labute approximate surface area is 120 Å². The number of rotatable bonds is 6. The van der Waals surface area contributed by atoms with Crippen molar-refractivity contribution in [3.8, 4) is 0 Å². The Kier molecular flexibility index (Phi) is 4.23. The molecule has 2 amide bonds. The van der Waals surface area contributed by atoms with E-state index >= 15 is 0 Å². The first-order valence-corrected chi connectivity index (χ1v) is 7.31. The van der Waals surface area contributed by atoms with Gasteiger partial charge < -0.3 is 4.48 Å². The van der Waals surface area contributed by atoms with Crippen LogP contribution in [0.3, 0.4) is 0 Å². The molecule has 0 radical (unpaired) electrons. The second kappa shape index (κ2) is 5.75. The van der Waals surface area contributed by atoms with Crippen LogP contribution in [0, 0.1) is 0 Å². The smallest absolute Gasteiger partial charge is 0.261 e. The minimum atomic E-state index is -0.146. The maximum absolute atomic E-state index is 12.2. The van der Waals surface area contributed by atoms with E-state index in [2.05, 4.69) is 20.9 Å². The number of amides is 2. The first kappa shape index (κ1) is 14.7. The number of benzene rings is 1. The zero-order chi connectivity index (χ0) is 14.8. The summed E-state index contributed by atoms with van der Waals surface area (Å²) in [5.74, 6) is -0.291. The van der Waals surface area contributed by atoms with Gasteiger partial charge in [-0.25, -0.2) is 0 Å². The molecule has 1 heterocycles. The van der Waals surface area contributed by atoms with Crippen LogP contribution in [0.2, 0.25) is 0 Å². The van der Waals surface area contributed by atoms with Crippen molar-refractivity contribution in [3.63, 3.8) is 0 Å². The fourth-order valence-corrected chi connectivity index (χ4v) is 2.59. The summed E-state index contributed by atoms with van der Waals surface area (Å²) in [5.41, 5.74) is 1.08. The molecule has 108 valence electrons. The fourth-order valence-electron chi connectivity index (χ4n) is 2.59. The van der Waals surface area contributed by atoms with Gasteiger partial charge in [-0.3, -0.25) is 14.5 Å². The fraction of sp³-hybridized carbons (Fsp3) is 0.500. The molecular formula is C16H23N2O2+. The van der Waals surface area contributed by atoms with Gasteiger partial charge >= 0.3 is 0 Å². The summed E-state index contributed by atoms with van der Waals surface area (Å²) in [6, 6.07) is 7.06. The minimum Gasteiger partial charge on any atom is -0.326 e. The molecule has 0 saturated carbocycles. The highest BCUT2D eigenvalue weighted by Crippen LogP contribution is 2.22. The predicted molar refractivity (Wildman–Crippen MR) is 78.6 cm³/mol. The number of hydrogen-bond donors (Lipinski definition) is 0. The van der Waals surface area contributed by atoms with Crippen LogP contribution in [0.15, 0.2) is 24.3 Å². The molecule has 1 aliphatic heterocycles. The monoisotopic (exact) mass is 275 g/mol. The van der Waals surface area contributed by atoms with Gasteiger partial charge in [-0.2, -0.15) is 0 Å². The lowest BCUT2D eigenvalue weighted by atomic mass is 10.1. The summed E-state index contributed by atoms with van der Waals surface area (Å²) >= 11 is 0. The van der Waals surface area contributed by atoms with Crippen LogP contribution in [0.4, 0.5) is 0 Å². The van der Waals surface area contributed by atoms with E-state index in [0.29, 0.717) is 17.7 Å². The van der Waals surface area contributed by atoms with Crippen LogP contribution in [0.25, 0.3) is 0 Å². The van der Waals surface area contributed by atoms with Crippen molar-refractivity contribution < 1.29 is 14.1 Å². The van der Waals surface area contributed by atoms with E-state index in [1.165, 1.54) is 4.90 Å². The molecule has 0 aromatic heterocycles. The Morgan fingerprint density at radius 1 is 1.00 bits per heavy atom. The molecule has 1 aromatic rings. The van der Waals surface area contributed by atoms with Crippen molar-refractivity contribution in [1.29, 1.82) is 0 Å². The molecule has 0 spiro atoms. The zero-order valence-electron chi connectivity index (χ0n) is 12.6. The third-order valence-electron chi connectivity index (χ3n) is 4.48. The van der Waals surface area contributed by atoms with Crippen LogP contribution < -0.4 is 0 Å². The second-order valence-corrected chi connectivity index (χ2v) is 5.64. The molecule has 0 N–H and O–H groups in total. The highest BCUT2D eigenvalue weighted by atomic mass is 16.2. The van der Waals surface area contributed by atoms with E-state index in [4.69, 9.17) is 0 Å². The molecule has 2 rings (SSSR count). The number of carbonyl (C=O) groups excluding carboxylic acids is 2. The zero-order valence-corrected chi connectivity index (χ0v) is 12.6. The Morgan fingerprint density at radius 3 is 1.95 bits per heavy atom. The summed E-state index contributed by atoms with van der Waals surface area (Å²) in [6.07, 6.45) is 0.851. The molecule has 0 aliphatic carbocycles. The van der Waals surface area contributed by atoms with Gasteiger partial charge in [-0.05, 0) is 26.0 Å². The number of imide groups is 1. The first-order valence-electron chi connectivity index (χ1n) is 7.31. The van der Waals surface area contributed by atoms with Crippen molar-refractivity contribution in [2.24, 2.45) is 0 Å². The van der Waals surface area contributed by atoms with Gasteiger partial charge in [0.2, 0.25) is 0 Å². The van der Waals surface area contributed by atoms with Crippen molar-refractivity contribution in [1.82, 2.24) is 4.90 Å². The number of carbonyl (C=O) groups is 2. The van der Waals surface area contributed by atoms with Gasteiger partial charge in [-0.15, -0.1) is 0 Å². The number of nitrogens with zero attached hydrogens (tertiary/aromatic N) is 2. The Morgan fingerprint density at radius 2 is 1.50 bits per heavy atom. The quantitative estimate of drug-likeness (QED) is 0.589. The lowest BCUT2D eigenvalue weighted by molar-refractivity contribution is -0.906. The van der Waals surface area contributed by atoms with E-state index in [9.17, 15) is 9.59 Å². The highest BCUT2D eigenvalue weighted by molar-refractivity contribution is 6.21. The largest absolute Gasteiger partial charge is 0.326 e. The SMILES string of the molecule is CC[N+](C)(CC)CCCN1C(=O)c2ccccc2C1=O. The topological polar surface area (TPSA) is 37.4 Å². The molecule has 0 saturated heterocycles. The molecule has 0 unspecified atom stereocenters. The van der Waals surface area contributed by atoms with Crippen molar-refractivity contribution in [2.45, 2.75) is 20.3 Å². The molecule has 1 aliphatic rings. The maximum atomic E-state index is 12.2. The summed E-state index contributed by atoms with van der Waals surface area (Å²) in [7, 11) is 2.21. The van der Waals surface area contributed by atoms with Crippen LogP contribution in [-0.2, 0) is 0 Å². The van der Waals surface area contributed by atoms with E-state index < -0.39 is 0 Å². The second-order valence-electron chi connectivity index (χ2n) is 5.64. The lowest BCUT2D eigenvalue weighted by Crippen LogP contribution is -2.45. The van der Waals surface area contributed by atoms with Crippen LogP contribution in [0.1, 0.15) is 41.0 Å². The number of quaternary nitrogens is 1. The van der Waals surface area contributed by atoms with E-state index in [1.54, 1.807) is 24.3 Å². The summed E-state index contributed by atoms with van der Waals surface area (Å²) in [6.45, 7) is 7.98. The Hall–Kier alpha value is -1.68. The van der Waals surface area contributed by atoms with Crippen molar-refractivity contribution in [2.75, 3.05) is 33.2 Å². The molecule has 0 bridgehead atoms. The van der Waals surface area contributed by atoms with E-state index in [-0.39, 0.29) is 11.8 Å². The predicted octanol–water partition coefficient (Wildman–Crippen LogP) is 2.16. The Bertz CT molecular complexity index is 486. The van der Waals surface area contributed by atoms with Crippen LogP contribution >= 0.6 is 0 Å². The standard InChI is InChI=1S/C16H23N2O2/c1-4-18(3,5-2)12-8-11-17-15(19)13-9-6-7-10-14(13)16(17)20/h6-7,9-10H,4-5,8,11-12H2,1-3H3/q+1. The van der Waals surface area contributed by atoms with Gasteiger partial charge in [0.05, 0.1) is 37.8 Å². The average Bonchev–Trinajstić information content (AvgIpc) is 2.72. The molecule has 0 atom stereocenters. The van der Waals surface area contributed by atoms with Gasteiger partial charge in [0.15, 0.2) is 0 Å². The van der Waals surface area contributed by atoms with Gasteiger partial charge in [-0.1, -0.05) is 12.1 Å². The van der Waals surface area contributed by atoms with Crippen molar-refractivity contribution >= 4 is 11.8 Å². The van der Waals surface area contributed by atoms with E-state index in [1.807, 2.05) is 0 Å². The maximum Gasteiger partial charge on any atom is 0.261 e. The lowest BCUT2D eigenvalue weighted by Gasteiger charge is -2.32. The molecule has 1 aromatic carbocycles. The molecule has 0 fully saturated rings. The number of hydrogen-bond acceptors (Lipinski definition) is 2. The third-order valence-corrected chi connectivity index (χ3v) is 4.48. The molecular weight excluding hydrogens is 252 g/mol. The summed E-state index contributed by atoms with van der Waals surface area (Å²) < 4.78 is 0.975. The van der Waals surface area contributed by atoms with Crippen LogP contribution in [-0.4, -0.2) is 54.4 Å². The van der Waals surface area contributed by atoms with E-state index in [0.717, 1.165) is 30.5 Å². The third kappa shape index (κ3) is 2.61. The minimum absolute atomic E-state index is 0.146. The molecule has 20 heavy (non-hydrogen) atoms. The molecule has 4 nitrogen and oxygen atoms in total. The number of fused-ring (bicyclic) bond motifs is 1. The van der Waals surface area contributed by atoms with Gasteiger partial charge in [0, 0.05) is 13.0 Å². The normalized spacial score (nSPS) is 14.8. The average molecular weight is 275 g/mol.